The molecule has 3 rings (SSSR count). The summed E-state index contributed by atoms with van der Waals surface area (Å²) in [6, 6.07) is 15.8. The lowest BCUT2D eigenvalue weighted by Crippen LogP contribution is -2.49. The quantitative estimate of drug-likeness (QED) is 0.408. The average molecular weight is 491 g/mol. The molecule has 192 valence electrons. The molecule has 36 heavy (non-hydrogen) atoms. The summed E-state index contributed by atoms with van der Waals surface area (Å²) in [5.41, 5.74) is 7.91. The van der Waals surface area contributed by atoms with Gasteiger partial charge in [0.25, 0.3) is 0 Å². The number of carbonyl (C=O) groups excluding carboxylic acids is 3. The fourth-order valence-electron chi connectivity index (χ4n) is 5.09. The lowest BCUT2D eigenvalue weighted by Gasteiger charge is -2.27. The van der Waals surface area contributed by atoms with Crippen LogP contribution in [0.25, 0.3) is 0 Å². The SMILES string of the molecule is C[C@H](NC(=O)[C@H](C)[C@H](CCC1CCCC1)C(N)=O)C(=O)N(C)c1ccccc1C(=N)c1ccccc1. The van der Waals surface area contributed by atoms with Gasteiger partial charge in [0, 0.05) is 30.0 Å². The molecule has 1 aliphatic carbocycles. The van der Waals surface area contributed by atoms with Crippen LogP contribution in [-0.2, 0) is 14.4 Å². The largest absolute Gasteiger partial charge is 0.369 e. The van der Waals surface area contributed by atoms with E-state index in [1.54, 1.807) is 27.0 Å². The minimum absolute atomic E-state index is 0.308. The number of rotatable bonds is 11. The van der Waals surface area contributed by atoms with Gasteiger partial charge in [-0.05, 0) is 31.7 Å². The van der Waals surface area contributed by atoms with Crippen LogP contribution in [0.1, 0.15) is 63.5 Å². The van der Waals surface area contributed by atoms with Crippen LogP contribution in [0.15, 0.2) is 54.6 Å². The summed E-state index contributed by atoms with van der Waals surface area (Å²) in [6.45, 7) is 3.34. The molecule has 2 aromatic rings. The molecule has 0 saturated heterocycles. The van der Waals surface area contributed by atoms with Crippen molar-refractivity contribution in [2.45, 2.75) is 58.4 Å². The Morgan fingerprint density at radius 3 is 2.28 bits per heavy atom. The molecule has 7 heteroatoms. The molecule has 4 N–H and O–H groups in total. The van der Waals surface area contributed by atoms with E-state index in [-0.39, 0.29) is 11.8 Å². The lowest BCUT2D eigenvalue weighted by molar-refractivity contribution is -0.134. The molecule has 0 unspecified atom stereocenters. The fourth-order valence-corrected chi connectivity index (χ4v) is 5.09. The van der Waals surface area contributed by atoms with Crippen molar-refractivity contribution in [3.63, 3.8) is 0 Å². The molecule has 0 bridgehead atoms. The Labute approximate surface area is 214 Å². The Morgan fingerprint density at radius 2 is 1.64 bits per heavy atom. The van der Waals surface area contributed by atoms with E-state index in [0.29, 0.717) is 29.3 Å². The third kappa shape index (κ3) is 6.59. The van der Waals surface area contributed by atoms with Crippen molar-refractivity contribution in [1.29, 1.82) is 5.41 Å². The third-order valence-electron chi connectivity index (χ3n) is 7.40. The Morgan fingerprint density at radius 1 is 1.03 bits per heavy atom. The minimum Gasteiger partial charge on any atom is -0.369 e. The zero-order chi connectivity index (χ0) is 26.2. The standard InChI is InChI=1S/C29H38N4O3/c1-19(23(27(31)34)18-17-21-11-7-8-12-21)28(35)32-20(2)29(36)33(3)25-16-10-9-15-24(25)26(30)22-13-5-4-6-14-22/h4-6,9-10,13-16,19-21,23,30H,7-8,11-12,17-18H2,1-3H3,(H2,31,34)(H,32,35)/t19-,20+,23+/m1/s1. The Kier molecular flexibility index (Phi) is 9.39. The highest BCUT2D eigenvalue weighted by atomic mass is 16.2. The first kappa shape index (κ1) is 27.1. The molecule has 0 aliphatic heterocycles. The predicted octanol–water partition coefficient (Wildman–Crippen LogP) is 4.28. The van der Waals surface area contributed by atoms with Gasteiger partial charge in [-0.25, -0.2) is 0 Å². The second-order valence-corrected chi connectivity index (χ2v) is 9.91. The van der Waals surface area contributed by atoms with Gasteiger partial charge in [0.05, 0.1) is 11.4 Å². The van der Waals surface area contributed by atoms with E-state index in [4.69, 9.17) is 11.1 Å². The number of nitrogens with zero attached hydrogens (tertiary/aromatic N) is 1. The van der Waals surface area contributed by atoms with E-state index in [2.05, 4.69) is 5.32 Å². The Hall–Kier alpha value is -3.48. The molecule has 7 nitrogen and oxygen atoms in total. The molecule has 2 aromatic carbocycles. The van der Waals surface area contributed by atoms with Gasteiger partial charge in [-0.15, -0.1) is 0 Å². The highest BCUT2D eigenvalue weighted by molar-refractivity contribution is 6.16. The van der Waals surface area contributed by atoms with Crippen molar-refractivity contribution < 1.29 is 14.4 Å². The summed E-state index contributed by atoms with van der Waals surface area (Å²) >= 11 is 0. The van der Waals surface area contributed by atoms with Gasteiger partial charge in [0.15, 0.2) is 0 Å². The molecule has 0 spiro atoms. The van der Waals surface area contributed by atoms with E-state index in [0.717, 1.165) is 12.0 Å². The van der Waals surface area contributed by atoms with Crippen molar-refractivity contribution >= 4 is 29.1 Å². The minimum atomic E-state index is -0.813. The number of hydrogen-bond donors (Lipinski definition) is 3. The van der Waals surface area contributed by atoms with E-state index < -0.39 is 23.8 Å². The maximum atomic E-state index is 13.3. The molecule has 0 aromatic heterocycles. The maximum absolute atomic E-state index is 13.3. The molecular formula is C29H38N4O3. The summed E-state index contributed by atoms with van der Waals surface area (Å²) < 4.78 is 0. The van der Waals surface area contributed by atoms with Gasteiger partial charge in [0.1, 0.15) is 6.04 Å². The monoisotopic (exact) mass is 490 g/mol. The first-order chi connectivity index (χ1) is 17.2. The summed E-state index contributed by atoms with van der Waals surface area (Å²) in [5, 5.41) is 11.4. The first-order valence-corrected chi connectivity index (χ1v) is 12.8. The second kappa shape index (κ2) is 12.5. The van der Waals surface area contributed by atoms with E-state index in [1.165, 1.54) is 30.6 Å². The predicted molar refractivity (Wildman–Crippen MR) is 143 cm³/mol. The Bertz CT molecular complexity index is 1080. The number of likely N-dealkylation sites (N-methyl/N-ethyl adjacent to an activating group) is 1. The second-order valence-electron chi connectivity index (χ2n) is 9.91. The number of hydrogen-bond acceptors (Lipinski definition) is 4. The molecule has 3 amide bonds. The topological polar surface area (TPSA) is 116 Å². The van der Waals surface area contributed by atoms with Crippen molar-refractivity contribution in [2.75, 3.05) is 11.9 Å². The number of primary amides is 1. The van der Waals surface area contributed by atoms with Gasteiger partial charge in [-0.3, -0.25) is 19.8 Å². The zero-order valence-corrected chi connectivity index (χ0v) is 21.5. The normalized spacial score (nSPS) is 16.1. The van der Waals surface area contributed by atoms with Crippen LogP contribution in [0.3, 0.4) is 0 Å². The smallest absolute Gasteiger partial charge is 0.249 e. The van der Waals surface area contributed by atoms with E-state index in [1.807, 2.05) is 48.5 Å². The number of para-hydroxylation sites is 1. The molecule has 1 fully saturated rings. The van der Waals surface area contributed by atoms with Crippen molar-refractivity contribution in [2.24, 2.45) is 23.5 Å². The van der Waals surface area contributed by atoms with Crippen LogP contribution in [0, 0.1) is 23.2 Å². The van der Waals surface area contributed by atoms with Crippen molar-refractivity contribution in [3.05, 3.63) is 65.7 Å². The number of nitrogens with two attached hydrogens (primary N) is 1. The van der Waals surface area contributed by atoms with Gasteiger partial charge in [-0.2, -0.15) is 0 Å². The van der Waals surface area contributed by atoms with Gasteiger partial charge in [-0.1, -0.05) is 81.1 Å². The molecular weight excluding hydrogens is 452 g/mol. The summed E-state index contributed by atoms with van der Waals surface area (Å²) in [4.78, 5) is 39.9. The van der Waals surface area contributed by atoms with Gasteiger partial charge >= 0.3 is 0 Å². The summed E-state index contributed by atoms with van der Waals surface area (Å²) in [6.07, 6.45) is 6.28. The number of benzene rings is 2. The van der Waals surface area contributed by atoms with Crippen LogP contribution in [0.5, 0.6) is 0 Å². The van der Waals surface area contributed by atoms with Crippen LogP contribution < -0.4 is 16.0 Å². The highest BCUT2D eigenvalue weighted by Crippen LogP contribution is 2.31. The van der Waals surface area contributed by atoms with E-state index >= 15 is 0 Å². The number of amides is 3. The van der Waals surface area contributed by atoms with Crippen molar-refractivity contribution in [3.8, 4) is 0 Å². The molecule has 1 saturated carbocycles. The van der Waals surface area contributed by atoms with Crippen LogP contribution in [0.2, 0.25) is 0 Å². The van der Waals surface area contributed by atoms with Crippen LogP contribution in [-0.4, -0.2) is 36.5 Å². The maximum Gasteiger partial charge on any atom is 0.249 e. The molecule has 0 heterocycles. The van der Waals surface area contributed by atoms with Crippen LogP contribution >= 0.6 is 0 Å². The average Bonchev–Trinajstić information content (AvgIpc) is 3.41. The third-order valence-corrected chi connectivity index (χ3v) is 7.40. The number of anilines is 1. The van der Waals surface area contributed by atoms with E-state index in [9.17, 15) is 14.4 Å². The highest BCUT2D eigenvalue weighted by Gasteiger charge is 2.32. The number of carbonyl (C=O) groups is 3. The fraction of sp³-hybridized carbons (Fsp3) is 0.448. The zero-order valence-electron chi connectivity index (χ0n) is 21.5. The summed E-state index contributed by atoms with van der Waals surface area (Å²) in [5.74, 6) is -1.72. The molecule has 0 radical (unpaired) electrons. The lowest BCUT2D eigenvalue weighted by atomic mass is 9.85. The van der Waals surface area contributed by atoms with Gasteiger partial charge in [0.2, 0.25) is 17.7 Å². The van der Waals surface area contributed by atoms with Crippen LogP contribution in [0.4, 0.5) is 5.69 Å². The van der Waals surface area contributed by atoms with Crippen molar-refractivity contribution in [1.82, 2.24) is 5.32 Å². The first-order valence-electron chi connectivity index (χ1n) is 12.8. The summed E-state index contributed by atoms with van der Waals surface area (Å²) in [7, 11) is 1.64. The molecule has 1 aliphatic rings. The van der Waals surface area contributed by atoms with Gasteiger partial charge < -0.3 is 16.0 Å². The number of nitrogens with one attached hydrogen (secondary N) is 2. The Balaban J connectivity index is 1.66. The molecule has 3 atom stereocenters.